The molecular weight excluding hydrogens is 406 g/mol. The molecule has 3 heterocycles. The molecule has 0 saturated carbocycles. The molecule has 0 bridgehead atoms. The van der Waals surface area contributed by atoms with Crippen LogP contribution >= 0.6 is 11.3 Å². The summed E-state index contributed by atoms with van der Waals surface area (Å²) in [5, 5.41) is 8.97. The molecule has 6 nitrogen and oxygen atoms in total. The summed E-state index contributed by atoms with van der Waals surface area (Å²) in [6.45, 7) is 0. The van der Waals surface area contributed by atoms with Crippen molar-refractivity contribution in [2.75, 3.05) is 11.0 Å². The number of sulfonamides is 1. The molecule has 3 aromatic rings. The van der Waals surface area contributed by atoms with Gasteiger partial charge in [-0.25, -0.2) is 13.4 Å². The summed E-state index contributed by atoms with van der Waals surface area (Å²) in [6.07, 6.45) is 1.60. The largest absolute Gasteiger partial charge is 0.464 e. The Hall–Kier alpha value is -2.84. The molecule has 0 radical (unpaired) electrons. The number of fused-ring (bicyclic) bond motifs is 3. The van der Waals surface area contributed by atoms with Gasteiger partial charge in [-0.1, -0.05) is 36.4 Å². The lowest BCUT2D eigenvalue weighted by Gasteiger charge is -2.37. The Kier molecular flexibility index (Phi) is 4.33. The van der Waals surface area contributed by atoms with Crippen LogP contribution in [0.15, 0.2) is 71.1 Å². The Morgan fingerprint density at radius 1 is 1.14 bits per heavy atom. The molecule has 0 spiro atoms. The van der Waals surface area contributed by atoms with Crippen molar-refractivity contribution in [3.8, 4) is 5.75 Å². The zero-order chi connectivity index (χ0) is 20.0. The number of hydrogen-bond donors (Lipinski definition) is 1. The number of ether oxygens (including phenoxy) is 1. The van der Waals surface area contributed by atoms with Gasteiger partial charge in [0, 0.05) is 17.7 Å². The number of hydrazone groups is 1. The third kappa shape index (κ3) is 3.49. The highest BCUT2D eigenvalue weighted by Crippen LogP contribution is 2.48. The Morgan fingerprint density at radius 2 is 2.00 bits per heavy atom. The number of nitrogens with zero attached hydrogens (tertiary/aromatic N) is 2. The highest BCUT2D eigenvalue weighted by atomic mass is 32.2. The smallest absolute Gasteiger partial charge is 0.229 e. The first-order chi connectivity index (χ1) is 14.0. The van der Waals surface area contributed by atoms with Crippen LogP contribution in [0.4, 0.5) is 5.69 Å². The number of hydrogen-bond acceptors (Lipinski definition) is 6. The third-order valence-corrected chi connectivity index (χ3v) is 6.49. The molecule has 0 saturated heterocycles. The van der Waals surface area contributed by atoms with Crippen molar-refractivity contribution >= 4 is 32.8 Å². The van der Waals surface area contributed by atoms with Gasteiger partial charge in [0.15, 0.2) is 0 Å². The lowest BCUT2D eigenvalue weighted by Crippen LogP contribution is -2.33. The maximum absolute atomic E-state index is 11.6. The number of thiophene rings is 1. The molecule has 2 atom stereocenters. The van der Waals surface area contributed by atoms with E-state index in [1.54, 1.807) is 17.4 Å². The van der Waals surface area contributed by atoms with Gasteiger partial charge in [-0.15, -0.1) is 11.3 Å². The van der Waals surface area contributed by atoms with Crippen LogP contribution in [0.3, 0.4) is 0 Å². The van der Waals surface area contributed by atoms with E-state index >= 15 is 0 Å². The predicted octanol–water partition coefficient (Wildman–Crippen LogP) is 4.36. The molecule has 148 valence electrons. The Balaban J connectivity index is 1.54. The van der Waals surface area contributed by atoms with E-state index in [-0.39, 0.29) is 12.3 Å². The van der Waals surface area contributed by atoms with E-state index in [9.17, 15) is 8.42 Å². The summed E-state index contributed by atoms with van der Waals surface area (Å²) in [6, 6.07) is 19.6. The lowest BCUT2D eigenvalue weighted by molar-refractivity contribution is -0.0165. The van der Waals surface area contributed by atoms with Gasteiger partial charge < -0.3 is 4.74 Å². The highest BCUT2D eigenvalue weighted by molar-refractivity contribution is 7.92. The maximum Gasteiger partial charge on any atom is 0.229 e. The van der Waals surface area contributed by atoms with Crippen LogP contribution in [0.1, 0.15) is 34.7 Å². The van der Waals surface area contributed by atoms with E-state index < -0.39 is 10.0 Å². The molecule has 8 heteroatoms. The third-order valence-electron chi connectivity index (χ3n) is 4.98. The molecule has 2 aliphatic heterocycles. The van der Waals surface area contributed by atoms with Gasteiger partial charge in [0.05, 0.1) is 22.9 Å². The van der Waals surface area contributed by atoms with Crippen molar-refractivity contribution in [1.82, 2.24) is 5.01 Å². The van der Waals surface area contributed by atoms with Crippen LogP contribution in [0.5, 0.6) is 5.75 Å². The molecule has 0 amide bonds. The Morgan fingerprint density at radius 3 is 2.79 bits per heavy atom. The van der Waals surface area contributed by atoms with Crippen LogP contribution in [0.2, 0.25) is 0 Å². The number of nitrogens with one attached hydrogen (secondary N) is 1. The summed E-state index contributed by atoms with van der Waals surface area (Å²) in [4.78, 5) is 1.10. The van der Waals surface area contributed by atoms with Gasteiger partial charge in [0.1, 0.15) is 5.75 Å². The second-order valence-corrected chi connectivity index (χ2v) is 9.85. The highest BCUT2D eigenvalue weighted by Gasteiger charge is 2.41. The fraction of sp³-hybridized carbons (Fsp3) is 0.190. The molecule has 2 aromatic carbocycles. The molecule has 5 rings (SSSR count). The average Bonchev–Trinajstić information content (AvgIpc) is 3.36. The summed E-state index contributed by atoms with van der Waals surface area (Å²) in [5.41, 5.74) is 3.46. The molecule has 0 aliphatic carbocycles. The van der Waals surface area contributed by atoms with Crippen LogP contribution in [-0.2, 0) is 10.0 Å². The second kappa shape index (κ2) is 6.89. The minimum atomic E-state index is -3.34. The van der Waals surface area contributed by atoms with Gasteiger partial charge in [-0.3, -0.25) is 4.72 Å². The van der Waals surface area contributed by atoms with E-state index in [1.165, 1.54) is 0 Å². The monoisotopic (exact) mass is 425 g/mol. The van der Waals surface area contributed by atoms with Gasteiger partial charge in [0.25, 0.3) is 0 Å². The quantitative estimate of drug-likeness (QED) is 0.674. The SMILES string of the molecule is CS(=O)(=O)Nc1cccc(C2=NN3[C@@H](C2)c2ccccc2O[C@H]3c2cccs2)c1. The van der Waals surface area contributed by atoms with Gasteiger partial charge in [-0.05, 0) is 35.2 Å². The molecule has 1 aromatic heterocycles. The van der Waals surface area contributed by atoms with Crippen molar-refractivity contribution in [1.29, 1.82) is 0 Å². The van der Waals surface area contributed by atoms with E-state index in [2.05, 4.69) is 16.9 Å². The fourth-order valence-electron chi connectivity index (χ4n) is 3.80. The van der Waals surface area contributed by atoms with Crippen molar-refractivity contribution in [3.05, 3.63) is 82.0 Å². The maximum atomic E-state index is 11.6. The van der Waals surface area contributed by atoms with E-state index in [4.69, 9.17) is 9.84 Å². The topological polar surface area (TPSA) is 71.0 Å². The van der Waals surface area contributed by atoms with Crippen LogP contribution in [-0.4, -0.2) is 25.4 Å². The van der Waals surface area contributed by atoms with E-state index in [1.807, 2.05) is 52.9 Å². The van der Waals surface area contributed by atoms with Crippen LogP contribution in [0.25, 0.3) is 0 Å². The average molecular weight is 426 g/mol. The number of anilines is 1. The lowest BCUT2D eigenvalue weighted by atomic mass is 9.96. The first-order valence-corrected chi connectivity index (χ1v) is 12.0. The number of para-hydroxylation sites is 1. The minimum Gasteiger partial charge on any atom is -0.464 e. The molecule has 1 N–H and O–H groups in total. The molecule has 0 unspecified atom stereocenters. The normalized spacial score (nSPS) is 20.4. The summed E-state index contributed by atoms with van der Waals surface area (Å²) in [7, 11) is -3.34. The standard InChI is InChI=1S/C21H19N3O3S2/c1-29(25,26)23-15-7-4-6-14(12-15)17-13-18-16-8-2-3-9-19(16)27-21(24(18)22-17)20-10-5-11-28-20/h2-12,18,21,23H,13H2,1H3/t18-,21-/m0/s1. The molecule has 2 aliphatic rings. The first kappa shape index (κ1) is 18.2. The van der Waals surface area contributed by atoms with Crippen LogP contribution in [0, 0.1) is 0 Å². The fourth-order valence-corrected chi connectivity index (χ4v) is 5.10. The zero-order valence-corrected chi connectivity index (χ0v) is 17.3. The minimum absolute atomic E-state index is 0.0774. The van der Waals surface area contributed by atoms with Crippen molar-refractivity contribution in [2.45, 2.75) is 18.7 Å². The molecule has 29 heavy (non-hydrogen) atoms. The first-order valence-electron chi connectivity index (χ1n) is 9.21. The number of benzene rings is 2. The van der Waals surface area contributed by atoms with E-state index in [0.717, 1.165) is 40.1 Å². The Bertz CT molecular complexity index is 1190. The van der Waals surface area contributed by atoms with Crippen molar-refractivity contribution < 1.29 is 13.2 Å². The zero-order valence-electron chi connectivity index (χ0n) is 15.6. The predicted molar refractivity (Wildman–Crippen MR) is 115 cm³/mol. The van der Waals surface area contributed by atoms with E-state index in [0.29, 0.717) is 5.69 Å². The molecule has 0 fully saturated rings. The van der Waals surface area contributed by atoms with Crippen molar-refractivity contribution in [2.24, 2.45) is 5.10 Å². The van der Waals surface area contributed by atoms with Gasteiger partial charge in [-0.2, -0.15) is 5.10 Å². The Labute approximate surface area is 173 Å². The van der Waals surface area contributed by atoms with Crippen molar-refractivity contribution in [3.63, 3.8) is 0 Å². The van der Waals surface area contributed by atoms with Crippen LogP contribution < -0.4 is 9.46 Å². The summed E-state index contributed by atoms with van der Waals surface area (Å²) < 4.78 is 32.0. The number of rotatable bonds is 4. The van der Waals surface area contributed by atoms with Gasteiger partial charge >= 0.3 is 0 Å². The summed E-state index contributed by atoms with van der Waals surface area (Å²) in [5.74, 6) is 0.885. The molecular formula is C21H19N3O3S2. The second-order valence-electron chi connectivity index (χ2n) is 7.13. The van der Waals surface area contributed by atoms with Gasteiger partial charge in [0.2, 0.25) is 16.3 Å². The summed E-state index contributed by atoms with van der Waals surface area (Å²) >= 11 is 1.65.